The Labute approximate surface area is 136 Å². The minimum atomic E-state index is -3.64. The summed E-state index contributed by atoms with van der Waals surface area (Å²) < 4.78 is 32.7. The minimum Gasteiger partial charge on any atom is -0.452 e. The third kappa shape index (κ3) is 4.36. The molecule has 2 rings (SSSR count). The summed E-state index contributed by atoms with van der Waals surface area (Å²) in [5, 5.41) is 5.69. The second-order valence-corrected chi connectivity index (χ2v) is 7.74. The number of sulfonamides is 1. The number of rotatable bonds is 7. The summed E-state index contributed by atoms with van der Waals surface area (Å²) in [5.41, 5.74) is 0.881. The van der Waals surface area contributed by atoms with Crippen molar-refractivity contribution in [2.24, 2.45) is 0 Å². The summed E-state index contributed by atoms with van der Waals surface area (Å²) in [5.74, 6) is 0.564. The van der Waals surface area contributed by atoms with E-state index in [1.165, 1.54) is 17.4 Å². The van der Waals surface area contributed by atoms with Gasteiger partial charge in [-0.1, -0.05) is 6.92 Å². The number of thiazole rings is 1. The van der Waals surface area contributed by atoms with Gasteiger partial charge in [0.25, 0.3) is 0 Å². The van der Waals surface area contributed by atoms with Gasteiger partial charge in [0.1, 0.15) is 15.7 Å². The second kappa shape index (κ2) is 7.01. The lowest BCUT2D eigenvalue weighted by molar-refractivity contribution is 0.464. The van der Waals surface area contributed by atoms with Crippen LogP contribution in [0.1, 0.15) is 23.4 Å². The van der Waals surface area contributed by atoms with Crippen LogP contribution in [0.5, 0.6) is 0 Å². The van der Waals surface area contributed by atoms with Gasteiger partial charge in [-0.15, -0.1) is 11.3 Å². The molecule has 9 heteroatoms. The first-order valence-corrected chi connectivity index (χ1v) is 9.47. The lowest BCUT2D eigenvalue weighted by Gasteiger charge is -2.02. The molecule has 2 heterocycles. The van der Waals surface area contributed by atoms with E-state index in [1.807, 2.05) is 19.2 Å². The van der Waals surface area contributed by atoms with Crippen LogP contribution in [0.4, 0.5) is 0 Å². The number of furan rings is 1. The molecule has 0 fully saturated rings. The van der Waals surface area contributed by atoms with E-state index in [9.17, 15) is 8.42 Å². The smallest absolute Gasteiger partial charge is 0.245 e. The highest BCUT2D eigenvalue weighted by Crippen LogP contribution is 2.26. The molecule has 6 nitrogen and oxygen atoms in total. The molecular weight excluding hydrogens is 378 g/mol. The van der Waals surface area contributed by atoms with Crippen LogP contribution >= 0.6 is 27.3 Å². The molecule has 21 heavy (non-hydrogen) atoms. The van der Waals surface area contributed by atoms with Gasteiger partial charge in [-0.3, -0.25) is 0 Å². The predicted octanol–water partition coefficient (Wildman–Crippen LogP) is 2.40. The predicted molar refractivity (Wildman–Crippen MR) is 84.7 cm³/mol. The molecule has 0 bridgehead atoms. The summed E-state index contributed by atoms with van der Waals surface area (Å²) >= 11 is 4.57. The second-order valence-electron chi connectivity index (χ2n) is 4.34. The van der Waals surface area contributed by atoms with Gasteiger partial charge in [-0.05, 0) is 29.4 Å². The molecule has 0 amide bonds. The molecule has 0 atom stereocenters. The van der Waals surface area contributed by atoms with Crippen molar-refractivity contribution in [3.05, 3.63) is 32.6 Å². The number of aryl methyl sites for hydroxylation is 1. The fraction of sp³-hybridized carbons (Fsp3) is 0.417. The maximum atomic E-state index is 12.3. The Hall–Kier alpha value is -0.740. The van der Waals surface area contributed by atoms with Gasteiger partial charge in [0.05, 0.1) is 13.1 Å². The molecule has 0 spiro atoms. The van der Waals surface area contributed by atoms with Crippen LogP contribution < -0.4 is 10.0 Å². The molecule has 2 aromatic heterocycles. The quantitative estimate of drug-likeness (QED) is 0.754. The van der Waals surface area contributed by atoms with E-state index in [2.05, 4.69) is 31.0 Å². The lowest BCUT2D eigenvalue weighted by atomic mass is 10.4. The van der Waals surface area contributed by atoms with Crippen molar-refractivity contribution in [3.63, 3.8) is 0 Å². The van der Waals surface area contributed by atoms with E-state index in [0.29, 0.717) is 12.3 Å². The molecule has 0 radical (unpaired) electrons. The molecule has 0 aliphatic carbocycles. The van der Waals surface area contributed by atoms with E-state index in [4.69, 9.17) is 4.42 Å². The largest absolute Gasteiger partial charge is 0.452 e. The van der Waals surface area contributed by atoms with Gasteiger partial charge in [-0.2, -0.15) is 0 Å². The number of nitrogens with one attached hydrogen (secondary N) is 2. The van der Waals surface area contributed by atoms with E-state index in [0.717, 1.165) is 17.2 Å². The van der Waals surface area contributed by atoms with Gasteiger partial charge in [0.2, 0.25) is 10.0 Å². The van der Waals surface area contributed by atoms with Crippen LogP contribution in [0, 0.1) is 6.92 Å². The SMILES string of the molecule is CCNCc1cc(S(=O)(=O)NCc2nc(C)cs2)c(Br)o1. The number of aromatic nitrogens is 1. The topological polar surface area (TPSA) is 84.2 Å². The number of hydrogen-bond donors (Lipinski definition) is 2. The average Bonchev–Trinajstić information content (AvgIpc) is 3.00. The van der Waals surface area contributed by atoms with Crippen LogP contribution in [-0.4, -0.2) is 19.9 Å². The van der Waals surface area contributed by atoms with Crippen molar-refractivity contribution < 1.29 is 12.8 Å². The van der Waals surface area contributed by atoms with E-state index >= 15 is 0 Å². The molecule has 2 aromatic rings. The summed E-state index contributed by atoms with van der Waals surface area (Å²) in [6.45, 7) is 5.26. The number of nitrogens with zero attached hydrogens (tertiary/aromatic N) is 1. The maximum Gasteiger partial charge on any atom is 0.245 e. The monoisotopic (exact) mass is 393 g/mol. The Kier molecular flexibility index (Phi) is 5.55. The highest BCUT2D eigenvalue weighted by Gasteiger charge is 2.22. The van der Waals surface area contributed by atoms with Crippen molar-refractivity contribution in [3.8, 4) is 0 Å². The lowest BCUT2D eigenvalue weighted by Crippen LogP contribution is -2.23. The third-order valence-electron chi connectivity index (χ3n) is 2.63. The third-order valence-corrected chi connectivity index (χ3v) is 5.85. The Morgan fingerprint density at radius 2 is 2.19 bits per heavy atom. The fourth-order valence-corrected chi connectivity index (χ4v) is 4.42. The molecule has 0 saturated carbocycles. The zero-order chi connectivity index (χ0) is 15.5. The zero-order valence-corrected chi connectivity index (χ0v) is 14.9. The number of halogens is 1. The molecule has 116 valence electrons. The normalized spacial score (nSPS) is 12.0. The summed E-state index contributed by atoms with van der Waals surface area (Å²) in [6, 6.07) is 1.52. The van der Waals surface area contributed by atoms with Crippen LogP contribution in [0.15, 0.2) is 25.4 Å². The molecule has 2 N–H and O–H groups in total. The highest BCUT2D eigenvalue weighted by atomic mass is 79.9. The first-order chi connectivity index (χ1) is 9.92. The first-order valence-electron chi connectivity index (χ1n) is 6.32. The van der Waals surface area contributed by atoms with E-state index in [1.54, 1.807) is 0 Å². The Morgan fingerprint density at radius 3 is 2.81 bits per heavy atom. The fourth-order valence-electron chi connectivity index (χ4n) is 1.63. The van der Waals surface area contributed by atoms with Crippen molar-refractivity contribution >= 4 is 37.3 Å². The van der Waals surface area contributed by atoms with Gasteiger partial charge in [-0.25, -0.2) is 18.1 Å². The molecular formula is C12H16BrN3O3S2. The molecule has 0 saturated heterocycles. The molecule has 0 aliphatic heterocycles. The van der Waals surface area contributed by atoms with Crippen molar-refractivity contribution in [1.82, 2.24) is 15.0 Å². The molecule has 0 aromatic carbocycles. The molecule has 0 aliphatic rings. The van der Waals surface area contributed by atoms with Gasteiger partial charge in [0.15, 0.2) is 4.67 Å². The zero-order valence-electron chi connectivity index (χ0n) is 11.6. The number of hydrogen-bond acceptors (Lipinski definition) is 6. The Balaban J connectivity index is 2.09. The average molecular weight is 394 g/mol. The first kappa shape index (κ1) is 16.6. The van der Waals surface area contributed by atoms with Gasteiger partial charge < -0.3 is 9.73 Å². The highest BCUT2D eigenvalue weighted by molar-refractivity contribution is 9.10. The van der Waals surface area contributed by atoms with Gasteiger partial charge in [0, 0.05) is 17.1 Å². The van der Waals surface area contributed by atoms with Crippen molar-refractivity contribution in [2.75, 3.05) is 6.54 Å². The summed E-state index contributed by atoms with van der Waals surface area (Å²) in [7, 11) is -3.64. The van der Waals surface area contributed by atoms with Crippen molar-refractivity contribution in [1.29, 1.82) is 0 Å². The van der Waals surface area contributed by atoms with Crippen LogP contribution in [0.3, 0.4) is 0 Å². The van der Waals surface area contributed by atoms with Crippen molar-refractivity contribution in [2.45, 2.75) is 31.8 Å². The van der Waals surface area contributed by atoms with Crippen LogP contribution in [0.2, 0.25) is 0 Å². The van der Waals surface area contributed by atoms with E-state index in [-0.39, 0.29) is 16.1 Å². The summed E-state index contributed by atoms with van der Waals surface area (Å²) in [6.07, 6.45) is 0. The Bertz CT molecular complexity index is 709. The maximum absolute atomic E-state index is 12.3. The van der Waals surface area contributed by atoms with Crippen LogP contribution in [0.25, 0.3) is 0 Å². The molecule has 0 unspecified atom stereocenters. The Morgan fingerprint density at radius 1 is 1.43 bits per heavy atom. The summed E-state index contributed by atoms with van der Waals surface area (Å²) in [4.78, 5) is 4.32. The standard InChI is InChI=1S/C12H16BrN3O3S2/c1-3-14-5-9-4-10(12(13)19-9)21(17,18)15-6-11-16-8(2)7-20-11/h4,7,14-15H,3,5-6H2,1-2H3. The minimum absolute atomic E-state index is 0.101. The van der Waals surface area contributed by atoms with Crippen LogP contribution in [-0.2, 0) is 23.1 Å². The van der Waals surface area contributed by atoms with E-state index < -0.39 is 10.0 Å². The van der Waals surface area contributed by atoms with Gasteiger partial charge >= 0.3 is 0 Å².